The van der Waals surface area contributed by atoms with E-state index in [4.69, 9.17) is 0 Å². The van der Waals surface area contributed by atoms with Crippen molar-refractivity contribution in [2.45, 2.75) is 19.9 Å². The van der Waals surface area contributed by atoms with Crippen LogP contribution in [-0.4, -0.2) is 33.9 Å². The molecule has 6 nitrogen and oxygen atoms in total. The molecule has 0 aliphatic carbocycles. The predicted octanol–water partition coefficient (Wildman–Crippen LogP) is 1.08. The topological polar surface area (TPSA) is 78.1 Å². The number of fused-ring (bicyclic) bond motifs is 1. The molecule has 1 aromatic carbocycles. The number of aromatic amines is 1. The number of H-pyrrole nitrogens is 1. The van der Waals surface area contributed by atoms with E-state index in [2.05, 4.69) is 15.3 Å². The van der Waals surface area contributed by atoms with Gasteiger partial charge in [0.25, 0.3) is 5.56 Å². The first-order valence-electron chi connectivity index (χ1n) is 7.28. The zero-order valence-electron chi connectivity index (χ0n) is 12.4. The second-order valence-corrected chi connectivity index (χ2v) is 5.45. The van der Waals surface area contributed by atoms with Crippen molar-refractivity contribution in [1.82, 2.24) is 14.9 Å². The smallest absolute Gasteiger partial charge is 0.255 e. The lowest BCUT2D eigenvalue weighted by Crippen LogP contribution is -2.40. The summed E-state index contributed by atoms with van der Waals surface area (Å²) in [5.41, 5.74) is 2.20. The molecule has 1 aliphatic heterocycles. The minimum atomic E-state index is -0.101. The van der Waals surface area contributed by atoms with Crippen LogP contribution in [0.4, 0.5) is 5.69 Å². The van der Waals surface area contributed by atoms with Crippen molar-refractivity contribution in [3.8, 4) is 0 Å². The molecule has 22 heavy (non-hydrogen) atoms. The maximum Gasteiger partial charge on any atom is 0.255 e. The van der Waals surface area contributed by atoms with E-state index in [0.717, 1.165) is 17.9 Å². The van der Waals surface area contributed by atoms with Crippen LogP contribution in [0.3, 0.4) is 0 Å². The number of para-hydroxylation sites is 1. The number of rotatable bonds is 3. The molecule has 3 rings (SSSR count). The Kier molecular flexibility index (Phi) is 4.02. The van der Waals surface area contributed by atoms with Gasteiger partial charge in [0, 0.05) is 25.2 Å². The number of nitrogens with one attached hydrogen (secondary N) is 2. The fourth-order valence-electron chi connectivity index (χ4n) is 2.67. The Morgan fingerprint density at radius 2 is 2.14 bits per heavy atom. The van der Waals surface area contributed by atoms with Crippen LogP contribution in [0.15, 0.2) is 35.1 Å². The summed E-state index contributed by atoms with van der Waals surface area (Å²) in [4.78, 5) is 33.1. The first-order chi connectivity index (χ1) is 10.6. The number of aryl methyl sites for hydroxylation is 1. The highest BCUT2D eigenvalue weighted by atomic mass is 16.2. The average Bonchev–Trinajstić information content (AvgIpc) is 2.49. The maximum absolute atomic E-state index is 12.1. The number of hydrogen-bond donors (Lipinski definition) is 2. The Hall–Kier alpha value is -2.47. The molecule has 0 unspecified atom stereocenters. The Bertz CT molecular complexity index is 740. The van der Waals surface area contributed by atoms with Crippen molar-refractivity contribution in [2.24, 2.45) is 0 Å². The van der Waals surface area contributed by atoms with Crippen LogP contribution in [-0.2, 0) is 17.8 Å². The quantitative estimate of drug-likeness (QED) is 0.888. The van der Waals surface area contributed by atoms with Crippen molar-refractivity contribution in [1.29, 1.82) is 0 Å². The highest BCUT2D eigenvalue weighted by molar-refractivity contribution is 5.92. The summed E-state index contributed by atoms with van der Waals surface area (Å²) in [6.45, 7) is 3.23. The molecule has 6 heteroatoms. The fraction of sp³-hybridized carbons (Fsp3) is 0.312. The second-order valence-electron chi connectivity index (χ2n) is 5.45. The van der Waals surface area contributed by atoms with Crippen molar-refractivity contribution < 1.29 is 4.79 Å². The van der Waals surface area contributed by atoms with E-state index in [1.165, 1.54) is 0 Å². The molecular weight excluding hydrogens is 280 g/mol. The summed E-state index contributed by atoms with van der Waals surface area (Å²) >= 11 is 0. The van der Waals surface area contributed by atoms with Gasteiger partial charge in [-0.05, 0) is 19.1 Å². The van der Waals surface area contributed by atoms with Gasteiger partial charge in [-0.2, -0.15) is 0 Å². The number of amides is 1. The number of nitrogens with zero attached hydrogens (tertiary/aromatic N) is 2. The van der Waals surface area contributed by atoms with E-state index in [0.29, 0.717) is 24.4 Å². The maximum atomic E-state index is 12.1. The summed E-state index contributed by atoms with van der Waals surface area (Å²) in [7, 11) is 0. The molecule has 2 heterocycles. The van der Waals surface area contributed by atoms with Gasteiger partial charge in [0.1, 0.15) is 5.82 Å². The van der Waals surface area contributed by atoms with E-state index >= 15 is 0 Å². The molecule has 0 saturated heterocycles. The van der Waals surface area contributed by atoms with E-state index in [-0.39, 0.29) is 18.0 Å². The van der Waals surface area contributed by atoms with E-state index < -0.39 is 0 Å². The molecule has 114 valence electrons. The number of anilines is 1. The third-order valence-corrected chi connectivity index (χ3v) is 3.69. The first-order valence-corrected chi connectivity index (χ1v) is 7.28. The van der Waals surface area contributed by atoms with Gasteiger partial charge >= 0.3 is 0 Å². The molecule has 2 aromatic rings. The van der Waals surface area contributed by atoms with Crippen LogP contribution in [0, 0.1) is 6.92 Å². The van der Waals surface area contributed by atoms with Gasteiger partial charge in [-0.15, -0.1) is 0 Å². The minimum Gasteiger partial charge on any atom is -0.325 e. The van der Waals surface area contributed by atoms with Crippen LogP contribution in [0.25, 0.3) is 0 Å². The second kappa shape index (κ2) is 6.11. The van der Waals surface area contributed by atoms with Gasteiger partial charge in [-0.25, -0.2) is 4.98 Å². The third kappa shape index (κ3) is 3.23. The molecule has 0 bridgehead atoms. The fourth-order valence-corrected chi connectivity index (χ4v) is 2.67. The van der Waals surface area contributed by atoms with Crippen molar-refractivity contribution >= 4 is 11.6 Å². The zero-order chi connectivity index (χ0) is 15.5. The molecule has 1 aromatic heterocycles. The van der Waals surface area contributed by atoms with Gasteiger partial charge in [0.2, 0.25) is 5.91 Å². The lowest BCUT2D eigenvalue weighted by Gasteiger charge is -2.26. The van der Waals surface area contributed by atoms with Crippen LogP contribution < -0.4 is 10.9 Å². The molecule has 0 fully saturated rings. The molecule has 0 radical (unpaired) electrons. The van der Waals surface area contributed by atoms with Crippen molar-refractivity contribution in [2.75, 3.05) is 18.4 Å². The lowest BCUT2D eigenvalue weighted by molar-refractivity contribution is -0.117. The highest BCUT2D eigenvalue weighted by Crippen LogP contribution is 2.13. The largest absolute Gasteiger partial charge is 0.325 e. The Labute approximate surface area is 128 Å². The molecule has 1 aliphatic rings. The van der Waals surface area contributed by atoms with Gasteiger partial charge < -0.3 is 10.3 Å². The minimum absolute atomic E-state index is 0.0776. The lowest BCUT2D eigenvalue weighted by atomic mass is 10.1. The summed E-state index contributed by atoms with van der Waals surface area (Å²) in [6, 6.07) is 9.35. The van der Waals surface area contributed by atoms with E-state index in [9.17, 15) is 9.59 Å². The van der Waals surface area contributed by atoms with Gasteiger partial charge in [0.05, 0.1) is 17.8 Å². The summed E-state index contributed by atoms with van der Waals surface area (Å²) in [6.07, 6.45) is 0.693. The van der Waals surface area contributed by atoms with Crippen LogP contribution >= 0.6 is 0 Å². The number of carbonyl (C=O) groups excluding carboxylic acids is 1. The summed E-state index contributed by atoms with van der Waals surface area (Å²) < 4.78 is 0. The zero-order valence-corrected chi connectivity index (χ0v) is 12.4. The standard InChI is InChI=1S/C16H18N4O2/c1-11-17-14-7-8-20(9-13(14)16(22)18-11)10-15(21)19-12-5-3-2-4-6-12/h2-6H,7-10H2,1H3,(H,19,21)(H,17,18,22). The first kappa shape index (κ1) is 14.5. The highest BCUT2D eigenvalue weighted by Gasteiger charge is 2.22. The molecule has 0 atom stereocenters. The van der Waals surface area contributed by atoms with E-state index in [1.54, 1.807) is 6.92 Å². The van der Waals surface area contributed by atoms with E-state index in [1.807, 2.05) is 35.2 Å². The number of benzene rings is 1. The number of carbonyl (C=O) groups is 1. The van der Waals surface area contributed by atoms with Crippen molar-refractivity contribution in [3.63, 3.8) is 0 Å². The molecule has 0 spiro atoms. The van der Waals surface area contributed by atoms with Gasteiger partial charge in [0.15, 0.2) is 0 Å². The Morgan fingerprint density at radius 3 is 2.91 bits per heavy atom. The average molecular weight is 298 g/mol. The molecule has 2 N–H and O–H groups in total. The number of hydrogen-bond acceptors (Lipinski definition) is 4. The summed E-state index contributed by atoms with van der Waals surface area (Å²) in [5, 5.41) is 2.85. The van der Waals surface area contributed by atoms with Crippen LogP contribution in [0.2, 0.25) is 0 Å². The number of aromatic nitrogens is 2. The summed E-state index contributed by atoms with van der Waals surface area (Å²) in [5.74, 6) is 0.560. The van der Waals surface area contributed by atoms with Gasteiger partial charge in [-0.1, -0.05) is 18.2 Å². The molecule has 1 amide bonds. The molecule has 0 saturated carbocycles. The Morgan fingerprint density at radius 1 is 1.36 bits per heavy atom. The monoisotopic (exact) mass is 298 g/mol. The Balaban J connectivity index is 1.65. The predicted molar refractivity (Wildman–Crippen MR) is 83.6 cm³/mol. The van der Waals surface area contributed by atoms with Gasteiger partial charge in [-0.3, -0.25) is 14.5 Å². The van der Waals surface area contributed by atoms with Crippen LogP contribution in [0.1, 0.15) is 17.1 Å². The van der Waals surface area contributed by atoms with Crippen LogP contribution in [0.5, 0.6) is 0 Å². The van der Waals surface area contributed by atoms with Crippen molar-refractivity contribution in [3.05, 3.63) is 57.8 Å². The third-order valence-electron chi connectivity index (χ3n) is 3.69. The SMILES string of the molecule is Cc1nc2c(c(=O)[nH]1)CN(CC(=O)Nc1ccccc1)CC2. The normalized spacial score (nSPS) is 14.4. The molecular formula is C16H18N4O2.